The van der Waals surface area contributed by atoms with Crippen LogP contribution in [0.4, 0.5) is 5.69 Å². The average Bonchev–Trinajstić information content (AvgIpc) is 2.90. The summed E-state index contributed by atoms with van der Waals surface area (Å²) in [5, 5.41) is 14.6. The Morgan fingerprint density at radius 2 is 2.04 bits per heavy atom. The minimum Gasteiger partial charge on any atom is -0.496 e. The highest BCUT2D eigenvalue weighted by Gasteiger charge is 2.29. The molecule has 2 aromatic carbocycles. The molecule has 7 heteroatoms. The van der Waals surface area contributed by atoms with E-state index in [1.165, 1.54) is 17.1 Å². The van der Waals surface area contributed by atoms with Crippen LogP contribution < -0.4 is 9.75 Å². The van der Waals surface area contributed by atoms with Gasteiger partial charge in [0.2, 0.25) is 0 Å². The molecular formula is C19H15BrN2O4. The van der Waals surface area contributed by atoms with Crippen LogP contribution in [0.1, 0.15) is 22.8 Å². The van der Waals surface area contributed by atoms with E-state index in [1.54, 1.807) is 38.3 Å². The number of carboxylic acids is 1. The molecule has 0 spiro atoms. The van der Waals surface area contributed by atoms with Crippen LogP contribution in [0.5, 0.6) is 5.75 Å². The fourth-order valence-electron chi connectivity index (χ4n) is 2.57. The highest BCUT2D eigenvalue weighted by molar-refractivity contribution is 9.10. The minimum atomic E-state index is -1.06. The van der Waals surface area contributed by atoms with Gasteiger partial charge in [0, 0.05) is 0 Å². The van der Waals surface area contributed by atoms with Crippen LogP contribution in [-0.2, 0) is 4.79 Å². The van der Waals surface area contributed by atoms with Gasteiger partial charge in [-0.3, -0.25) is 4.79 Å². The summed E-state index contributed by atoms with van der Waals surface area (Å²) in [7, 11) is 1.58. The second-order valence-electron chi connectivity index (χ2n) is 5.61. The minimum absolute atomic E-state index is 0.0969. The first-order chi connectivity index (χ1) is 12.4. The Morgan fingerprint density at radius 3 is 2.69 bits per heavy atom. The number of hydrogen-bond donors (Lipinski definition) is 1. The molecule has 6 nitrogen and oxygen atoms in total. The van der Waals surface area contributed by atoms with Gasteiger partial charge in [-0.05, 0) is 64.8 Å². The van der Waals surface area contributed by atoms with Crippen LogP contribution in [0.3, 0.4) is 0 Å². The quantitative estimate of drug-likeness (QED) is 0.767. The smallest absolute Gasteiger partial charge is 0.335 e. The molecular weight excluding hydrogens is 400 g/mol. The van der Waals surface area contributed by atoms with Gasteiger partial charge in [-0.1, -0.05) is 12.1 Å². The number of hydrogen-bond acceptors (Lipinski definition) is 4. The third-order valence-electron chi connectivity index (χ3n) is 3.89. The van der Waals surface area contributed by atoms with Gasteiger partial charge in [0.1, 0.15) is 5.75 Å². The Morgan fingerprint density at radius 1 is 1.27 bits per heavy atom. The van der Waals surface area contributed by atoms with Crippen molar-refractivity contribution in [2.75, 3.05) is 12.1 Å². The van der Waals surface area contributed by atoms with Gasteiger partial charge in [-0.15, -0.1) is 0 Å². The topological polar surface area (TPSA) is 79.2 Å². The van der Waals surface area contributed by atoms with Crippen LogP contribution in [0.2, 0.25) is 0 Å². The molecule has 0 fully saturated rings. The number of benzene rings is 2. The van der Waals surface area contributed by atoms with Crippen LogP contribution in [-0.4, -0.2) is 29.8 Å². The largest absolute Gasteiger partial charge is 0.496 e. The Hall–Kier alpha value is -2.93. The lowest BCUT2D eigenvalue weighted by Crippen LogP contribution is -2.21. The monoisotopic (exact) mass is 414 g/mol. The highest BCUT2D eigenvalue weighted by Crippen LogP contribution is 2.29. The van der Waals surface area contributed by atoms with Crippen molar-refractivity contribution in [2.24, 2.45) is 5.10 Å². The second-order valence-corrected chi connectivity index (χ2v) is 6.46. The van der Waals surface area contributed by atoms with Gasteiger partial charge in [-0.25, -0.2) is 4.79 Å². The number of nitrogens with zero attached hydrogens (tertiary/aromatic N) is 2. The molecule has 1 N–H and O–H groups in total. The molecule has 26 heavy (non-hydrogen) atoms. The third kappa shape index (κ3) is 3.39. The van der Waals surface area contributed by atoms with Gasteiger partial charge >= 0.3 is 5.97 Å². The summed E-state index contributed by atoms with van der Waals surface area (Å²) in [6.07, 6.45) is 1.74. The molecule has 3 rings (SSSR count). The lowest BCUT2D eigenvalue weighted by Gasteiger charge is -2.12. The van der Waals surface area contributed by atoms with E-state index in [1.807, 2.05) is 12.1 Å². The molecule has 0 aromatic heterocycles. The van der Waals surface area contributed by atoms with Crippen molar-refractivity contribution >= 4 is 45.3 Å². The van der Waals surface area contributed by atoms with E-state index in [9.17, 15) is 9.59 Å². The summed E-state index contributed by atoms with van der Waals surface area (Å²) in [5.41, 5.74) is 2.33. The number of hydrazone groups is 1. The molecule has 0 aliphatic carbocycles. The number of carbonyl (C=O) groups excluding carboxylic acids is 1. The van der Waals surface area contributed by atoms with Crippen molar-refractivity contribution in [3.8, 4) is 5.75 Å². The maximum Gasteiger partial charge on any atom is 0.335 e. The predicted molar refractivity (Wildman–Crippen MR) is 103 cm³/mol. The number of aromatic carboxylic acids is 1. The maximum absolute atomic E-state index is 12.8. The first kappa shape index (κ1) is 17.9. The number of carboxylic acid groups (broad SMARTS) is 1. The van der Waals surface area contributed by atoms with Gasteiger partial charge in [0.25, 0.3) is 5.91 Å². The summed E-state index contributed by atoms with van der Waals surface area (Å²) in [5.74, 6) is -0.669. The molecule has 0 saturated heterocycles. The first-order valence-corrected chi connectivity index (χ1v) is 8.48. The molecule has 0 saturated carbocycles. The SMILES string of the molecule is COc1ccc(/C=C2\C(=O)N(c3cccc(C(=O)O)c3)N=C2C)cc1Br. The lowest BCUT2D eigenvalue weighted by atomic mass is 10.1. The van der Waals surface area contributed by atoms with Crippen molar-refractivity contribution < 1.29 is 19.4 Å². The molecule has 1 aliphatic rings. The fraction of sp³-hybridized carbons (Fsp3) is 0.105. The molecule has 0 radical (unpaired) electrons. The van der Waals surface area contributed by atoms with E-state index in [4.69, 9.17) is 9.84 Å². The van der Waals surface area contributed by atoms with Gasteiger partial charge in [0.15, 0.2) is 0 Å². The lowest BCUT2D eigenvalue weighted by molar-refractivity contribution is -0.114. The van der Waals surface area contributed by atoms with Crippen LogP contribution >= 0.6 is 15.9 Å². The molecule has 1 aliphatic heterocycles. The number of methoxy groups -OCH3 is 1. The molecule has 1 amide bonds. The number of ether oxygens (including phenoxy) is 1. The molecule has 2 aromatic rings. The van der Waals surface area contributed by atoms with Gasteiger partial charge < -0.3 is 9.84 Å². The maximum atomic E-state index is 12.8. The summed E-state index contributed by atoms with van der Waals surface area (Å²) >= 11 is 3.42. The molecule has 132 valence electrons. The van der Waals surface area contributed by atoms with E-state index in [0.29, 0.717) is 22.7 Å². The number of amides is 1. The normalized spacial score (nSPS) is 15.3. The van der Waals surface area contributed by atoms with Gasteiger partial charge in [0.05, 0.1) is 34.1 Å². The van der Waals surface area contributed by atoms with Crippen molar-refractivity contribution in [1.82, 2.24) is 0 Å². The van der Waals surface area contributed by atoms with Crippen molar-refractivity contribution in [3.05, 3.63) is 63.6 Å². The number of carbonyl (C=O) groups is 2. The van der Waals surface area contributed by atoms with E-state index in [-0.39, 0.29) is 11.5 Å². The van der Waals surface area contributed by atoms with Crippen molar-refractivity contribution in [1.29, 1.82) is 0 Å². The van der Waals surface area contributed by atoms with E-state index in [0.717, 1.165) is 10.0 Å². The van der Waals surface area contributed by atoms with Crippen LogP contribution in [0.25, 0.3) is 6.08 Å². The Bertz CT molecular complexity index is 966. The molecule has 0 unspecified atom stereocenters. The summed E-state index contributed by atoms with van der Waals surface area (Å²) in [6, 6.07) is 11.6. The molecule has 1 heterocycles. The molecule has 0 atom stereocenters. The van der Waals surface area contributed by atoms with Crippen LogP contribution in [0.15, 0.2) is 57.6 Å². The Labute approximate surface area is 158 Å². The first-order valence-electron chi connectivity index (χ1n) is 7.69. The predicted octanol–water partition coefficient (Wildman–Crippen LogP) is 3.96. The number of halogens is 1. The molecule has 0 bridgehead atoms. The summed E-state index contributed by atoms with van der Waals surface area (Å²) < 4.78 is 5.98. The Kier molecular flexibility index (Phi) is 4.90. The van der Waals surface area contributed by atoms with E-state index in [2.05, 4.69) is 21.0 Å². The van der Waals surface area contributed by atoms with E-state index >= 15 is 0 Å². The van der Waals surface area contributed by atoms with Crippen LogP contribution in [0, 0.1) is 0 Å². The summed E-state index contributed by atoms with van der Waals surface area (Å²) in [4.78, 5) is 23.9. The summed E-state index contributed by atoms with van der Waals surface area (Å²) in [6.45, 7) is 1.74. The average molecular weight is 415 g/mol. The Balaban J connectivity index is 1.94. The zero-order chi connectivity index (χ0) is 18.8. The zero-order valence-electron chi connectivity index (χ0n) is 14.1. The van der Waals surface area contributed by atoms with E-state index < -0.39 is 5.97 Å². The third-order valence-corrected chi connectivity index (χ3v) is 4.51. The van der Waals surface area contributed by atoms with Gasteiger partial charge in [-0.2, -0.15) is 10.1 Å². The van der Waals surface area contributed by atoms with Crippen molar-refractivity contribution in [3.63, 3.8) is 0 Å². The van der Waals surface area contributed by atoms with Crippen molar-refractivity contribution in [2.45, 2.75) is 6.92 Å². The standard InChI is InChI=1S/C19H15BrN2O4/c1-11-15(8-12-6-7-17(26-2)16(20)9-12)18(23)22(21-11)14-5-3-4-13(10-14)19(24)25/h3-10H,1-2H3,(H,24,25)/b15-8-. The number of rotatable bonds is 4. The highest BCUT2D eigenvalue weighted by atomic mass is 79.9. The fourth-order valence-corrected chi connectivity index (χ4v) is 3.13. The second kappa shape index (κ2) is 7.13. The zero-order valence-corrected chi connectivity index (χ0v) is 15.6. The number of anilines is 1.